The van der Waals surface area contributed by atoms with Gasteiger partial charge in [-0.05, 0) is 12.8 Å². The number of rotatable bonds is 1. The topological polar surface area (TPSA) is 49.4 Å². The molecule has 2 amide bonds. The molecule has 2 atom stereocenters. The van der Waals surface area contributed by atoms with Gasteiger partial charge in [-0.1, -0.05) is 0 Å². The van der Waals surface area contributed by atoms with Crippen LogP contribution >= 0.6 is 11.6 Å². The fourth-order valence-electron chi connectivity index (χ4n) is 2.04. The maximum Gasteiger partial charge on any atom is 0.242 e. The third-order valence-corrected chi connectivity index (χ3v) is 3.04. The standard InChI is InChI=1S/C9H13ClN2O2/c10-6-4-8(13)12(5-6)7-2-1-3-11-9(7)14/h6-7H,1-5H2,(H,11,14). The number of nitrogens with zero attached hydrogens (tertiary/aromatic N) is 1. The van der Waals surface area contributed by atoms with E-state index in [4.69, 9.17) is 11.6 Å². The Morgan fingerprint density at radius 1 is 1.43 bits per heavy atom. The molecule has 2 rings (SSSR count). The number of hydrogen-bond acceptors (Lipinski definition) is 2. The van der Waals surface area contributed by atoms with Gasteiger partial charge in [-0.15, -0.1) is 11.6 Å². The molecule has 0 aromatic heterocycles. The second-order valence-electron chi connectivity index (χ2n) is 3.80. The number of halogens is 1. The fourth-order valence-corrected chi connectivity index (χ4v) is 2.32. The van der Waals surface area contributed by atoms with Crippen LogP contribution in [0, 0.1) is 0 Å². The van der Waals surface area contributed by atoms with Crippen LogP contribution in [0.1, 0.15) is 19.3 Å². The Hall–Kier alpha value is -0.770. The highest BCUT2D eigenvalue weighted by molar-refractivity contribution is 6.22. The van der Waals surface area contributed by atoms with Crippen molar-refractivity contribution in [3.05, 3.63) is 0 Å². The zero-order valence-corrected chi connectivity index (χ0v) is 8.59. The summed E-state index contributed by atoms with van der Waals surface area (Å²) in [4.78, 5) is 24.6. The summed E-state index contributed by atoms with van der Waals surface area (Å²) in [5.41, 5.74) is 0. The first-order valence-corrected chi connectivity index (χ1v) is 5.33. The third-order valence-electron chi connectivity index (χ3n) is 2.74. The quantitative estimate of drug-likeness (QED) is 0.633. The summed E-state index contributed by atoms with van der Waals surface area (Å²) in [6.45, 7) is 1.24. The van der Waals surface area contributed by atoms with Gasteiger partial charge in [0, 0.05) is 19.5 Å². The highest BCUT2D eigenvalue weighted by atomic mass is 35.5. The van der Waals surface area contributed by atoms with Gasteiger partial charge in [0.1, 0.15) is 6.04 Å². The first kappa shape index (κ1) is 9.77. The van der Waals surface area contributed by atoms with Gasteiger partial charge in [-0.25, -0.2) is 0 Å². The van der Waals surface area contributed by atoms with E-state index in [-0.39, 0.29) is 23.2 Å². The lowest BCUT2D eigenvalue weighted by molar-refractivity contribution is -0.138. The molecule has 0 bridgehead atoms. The molecule has 2 aliphatic heterocycles. The van der Waals surface area contributed by atoms with E-state index >= 15 is 0 Å². The van der Waals surface area contributed by atoms with Crippen molar-refractivity contribution in [2.24, 2.45) is 0 Å². The number of likely N-dealkylation sites (tertiary alicyclic amines) is 1. The molecular formula is C9H13ClN2O2. The average molecular weight is 217 g/mol. The molecule has 0 aliphatic carbocycles. The highest BCUT2D eigenvalue weighted by Gasteiger charge is 2.37. The Bertz CT molecular complexity index is 262. The second-order valence-corrected chi connectivity index (χ2v) is 4.41. The summed E-state index contributed by atoms with van der Waals surface area (Å²) < 4.78 is 0. The van der Waals surface area contributed by atoms with Gasteiger partial charge >= 0.3 is 0 Å². The van der Waals surface area contributed by atoms with E-state index in [0.717, 1.165) is 19.4 Å². The Balaban J connectivity index is 2.06. The predicted molar refractivity (Wildman–Crippen MR) is 52.0 cm³/mol. The molecule has 14 heavy (non-hydrogen) atoms. The van der Waals surface area contributed by atoms with Gasteiger partial charge in [0.15, 0.2) is 0 Å². The molecule has 0 radical (unpaired) electrons. The van der Waals surface area contributed by atoms with Crippen LogP contribution in [0.2, 0.25) is 0 Å². The van der Waals surface area contributed by atoms with Crippen LogP contribution in [0.15, 0.2) is 0 Å². The Kier molecular flexibility index (Phi) is 2.63. The number of nitrogens with one attached hydrogen (secondary N) is 1. The number of carbonyl (C=O) groups excluding carboxylic acids is 2. The number of amides is 2. The molecule has 0 spiro atoms. The highest BCUT2D eigenvalue weighted by Crippen LogP contribution is 2.22. The van der Waals surface area contributed by atoms with E-state index in [9.17, 15) is 9.59 Å². The molecule has 2 heterocycles. The number of piperidine rings is 1. The van der Waals surface area contributed by atoms with Gasteiger partial charge in [-0.2, -0.15) is 0 Å². The van der Waals surface area contributed by atoms with Crippen molar-refractivity contribution >= 4 is 23.4 Å². The molecule has 2 aliphatic rings. The van der Waals surface area contributed by atoms with Crippen LogP contribution < -0.4 is 5.32 Å². The predicted octanol–water partition coefficient (Wildman–Crippen LogP) is 0.105. The normalized spacial score (nSPS) is 33.4. The second kappa shape index (κ2) is 3.77. The van der Waals surface area contributed by atoms with Gasteiger partial charge < -0.3 is 10.2 Å². The van der Waals surface area contributed by atoms with Gasteiger partial charge in [-0.3, -0.25) is 9.59 Å². The van der Waals surface area contributed by atoms with Crippen molar-refractivity contribution in [1.29, 1.82) is 0 Å². The first-order chi connectivity index (χ1) is 6.68. The van der Waals surface area contributed by atoms with Gasteiger partial charge in [0.2, 0.25) is 11.8 Å². The third kappa shape index (κ3) is 1.71. The maximum atomic E-state index is 11.5. The summed E-state index contributed by atoms with van der Waals surface area (Å²) >= 11 is 5.87. The van der Waals surface area contributed by atoms with Crippen molar-refractivity contribution in [2.75, 3.05) is 13.1 Å². The summed E-state index contributed by atoms with van der Waals surface area (Å²) in [5.74, 6) is -0.0255. The van der Waals surface area contributed by atoms with Crippen molar-refractivity contribution in [3.63, 3.8) is 0 Å². The van der Waals surface area contributed by atoms with Gasteiger partial charge in [0.25, 0.3) is 0 Å². The van der Waals surface area contributed by atoms with E-state index < -0.39 is 0 Å². The molecule has 2 fully saturated rings. The fraction of sp³-hybridized carbons (Fsp3) is 0.778. The van der Waals surface area contributed by atoms with E-state index in [0.29, 0.717) is 13.0 Å². The SMILES string of the molecule is O=C1NCCCC1N1CC(Cl)CC1=O. The van der Waals surface area contributed by atoms with Crippen molar-refractivity contribution in [3.8, 4) is 0 Å². The number of hydrogen-bond donors (Lipinski definition) is 1. The molecule has 1 N–H and O–H groups in total. The first-order valence-electron chi connectivity index (χ1n) is 4.90. The lowest BCUT2D eigenvalue weighted by atomic mass is 10.1. The van der Waals surface area contributed by atoms with Crippen LogP contribution in [-0.2, 0) is 9.59 Å². The largest absolute Gasteiger partial charge is 0.354 e. The molecule has 2 unspecified atom stereocenters. The Morgan fingerprint density at radius 2 is 2.21 bits per heavy atom. The van der Waals surface area contributed by atoms with Crippen LogP contribution in [0.25, 0.3) is 0 Å². The van der Waals surface area contributed by atoms with Crippen molar-refractivity contribution < 1.29 is 9.59 Å². The molecule has 0 saturated carbocycles. The molecule has 78 valence electrons. The smallest absolute Gasteiger partial charge is 0.242 e. The van der Waals surface area contributed by atoms with Crippen molar-refractivity contribution in [2.45, 2.75) is 30.7 Å². The summed E-state index contributed by atoms with van der Waals surface area (Å²) in [6.07, 6.45) is 2.07. The van der Waals surface area contributed by atoms with Crippen molar-refractivity contribution in [1.82, 2.24) is 10.2 Å². The lowest BCUT2D eigenvalue weighted by Gasteiger charge is -2.30. The Labute approximate surface area is 87.6 Å². The van der Waals surface area contributed by atoms with E-state index in [1.54, 1.807) is 4.90 Å². The maximum absolute atomic E-state index is 11.5. The lowest BCUT2D eigenvalue weighted by Crippen LogP contribution is -2.51. The number of alkyl halides is 1. The van der Waals surface area contributed by atoms with E-state index in [1.807, 2.05) is 0 Å². The summed E-state index contributed by atoms with van der Waals surface area (Å²) in [7, 11) is 0. The monoisotopic (exact) mass is 216 g/mol. The minimum Gasteiger partial charge on any atom is -0.354 e. The zero-order valence-electron chi connectivity index (χ0n) is 7.83. The summed E-state index contributed by atoms with van der Waals surface area (Å²) in [5, 5.41) is 2.64. The van der Waals surface area contributed by atoms with Crippen LogP contribution in [0.4, 0.5) is 0 Å². The minimum absolute atomic E-state index is 0.00653. The molecule has 0 aromatic carbocycles. The Morgan fingerprint density at radius 3 is 2.79 bits per heavy atom. The number of carbonyl (C=O) groups is 2. The molecule has 4 nitrogen and oxygen atoms in total. The molecular weight excluding hydrogens is 204 g/mol. The van der Waals surface area contributed by atoms with Crippen LogP contribution in [0.3, 0.4) is 0 Å². The molecule has 0 aromatic rings. The summed E-state index contributed by atoms with van der Waals surface area (Å²) in [6, 6.07) is -0.278. The van der Waals surface area contributed by atoms with E-state index in [2.05, 4.69) is 5.32 Å². The minimum atomic E-state index is -0.278. The van der Waals surface area contributed by atoms with E-state index in [1.165, 1.54) is 0 Å². The molecule has 5 heteroatoms. The van der Waals surface area contributed by atoms with Crippen LogP contribution in [0.5, 0.6) is 0 Å². The molecule has 2 saturated heterocycles. The average Bonchev–Trinajstić information content (AvgIpc) is 2.46. The van der Waals surface area contributed by atoms with Gasteiger partial charge in [0.05, 0.1) is 5.38 Å². The van der Waals surface area contributed by atoms with Crippen LogP contribution in [-0.4, -0.2) is 41.2 Å². The zero-order chi connectivity index (χ0) is 10.1.